The van der Waals surface area contributed by atoms with E-state index in [9.17, 15) is 4.79 Å². The molecule has 2 aromatic carbocycles. The molecule has 0 saturated carbocycles. The number of halogens is 1. The summed E-state index contributed by atoms with van der Waals surface area (Å²) in [6.45, 7) is 3.88. The van der Waals surface area contributed by atoms with Crippen LogP contribution in [0.3, 0.4) is 0 Å². The van der Waals surface area contributed by atoms with E-state index in [1.807, 2.05) is 36.4 Å². The molecule has 3 rings (SSSR count). The highest BCUT2D eigenvalue weighted by Crippen LogP contribution is 2.16. The fraction of sp³-hybridized carbons (Fsp3) is 0.529. The van der Waals surface area contributed by atoms with E-state index >= 15 is 0 Å². The summed E-state index contributed by atoms with van der Waals surface area (Å²) in [7, 11) is 0. The second kappa shape index (κ2) is 21.6. The summed E-state index contributed by atoms with van der Waals surface area (Å²) in [6, 6.07) is 16.0. The van der Waals surface area contributed by atoms with Gasteiger partial charge in [0.05, 0.1) is 18.4 Å². The minimum atomic E-state index is -0.00830. The molecule has 1 N–H and O–H groups in total. The first-order valence-corrected chi connectivity index (χ1v) is 16.2. The van der Waals surface area contributed by atoms with Gasteiger partial charge >= 0.3 is 0 Å². The van der Waals surface area contributed by atoms with Gasteiger partial charge in [-0.3, -0.25) is 4.79 Å². The Hall–Kier alpha value is -2.18. The fourth-order valence-electron chi connectivity index (χ4n) is 4.84. The number of amides is 1. The van der Waals surface area contributed by atoms with Gasteiger partial charge in [0, 0.05) is 11.3 Å². The molecular weight excluding hydrogens is 580 g/mol. The second-order valence-corrected chi connectivity index (χ2v) is 11.5. The van der Waals surface area contributed by atoms with Gasteiger partial charge < -0.3 is 27.0 Å². The zero-order valence-corrected chi connectivity index (χ0v) is 26.8. The van der Waals surface area contributed by atoms with E-state index in [1.165, 1.54) is 89.0 Å². The molecule has 0 unspecified atom stereocenters. The molecule has 4 nitrogen and oxygen atoms in total. The maximum Gasteiger partial charge on any atom is 0.228 e. The average molecular weight is 630 g/mol. The number of nitrogens with zero attached hydrogens (tertiary/aromatic N) is 1. The fourth-order valence-corrected chi connectivity index (χ4v) is 5.43. The van der Waals surface area contributed by atoms with Crippen molar-refractivity contribution < 1.29 is 31.1 Å². The van der Waals surface area contributed by atoms with Crippen molar-refractivity contribution in [3.63, 3.8) is 0 Å². The first kappa shape index (κ1) is 34.0. The van der Waals surface area contributed by atoms with Crippen LogP contribution in [0.15, 0.2) is 65.6 Å². The van der Waals surface area contributed by atoms with Crippen LogP contribution in [0.2, 0.25) is 0 Å². The molecule has 0 spiro atoms. The van der Waals surface area contributed by atoms with E-state index in [4.69, 9.17) is 4.74 Å². The van der Waals surface area contributed by atoms with Gasteiger partial charge in [-0.05, 0) is 36.2 Å². The van der Waals surface area contributed by atoms with Crippen LogP contribution in [0.4, 0.5) is 5.69 Å². The van der Waals surface area contributed by atoms with Gasteiger partial charge in [-0.15, -0.1) is 0 Å². The van der Waals surface area contributed by atoms with E-state index < -0.39 is 0 Å². The smallest absolute Gasteiger partial charge is 0.228 e. The Morgan fingerprint density at radius 2 is 1.30 bits per heavy atom. The maximum atomic E-state index is 12.5. The summed E-state index contributed by atoms with van der Waals surface area (Å²) < 4.78 is 8.06. The molecule has 0 aliphatic rings. The number of carbonyl (C=O) groups excluding carboxylic acids is 1. The molecule has 0 aliphatic carbocycles. The highest BCUT2D eigenvalue weighted by molar-refractivity contribution is 7.07. The van der Waals surface area contributed by atoms with Crippen molar-refractivity contribution in [1.82, 2.24) is 0 Å². The van der Waals surface area contributed by atoms with Crippen LogP contribution in [0.1, 0.15) is 108 Å². The predicted octanol–water partition coefficient (Wildman–Crippen LogP) is 6.13. The molecular formula is C34H49BrN2O2S. The molecule has 0 fully saturated rings. The van der Waals surface area contributed by atoms with Gasteiger partial charge in [-0.2, -0.15) is 4.57 Å². The molecule has 0 saturated heterocycles. The molecule has 0 radical (unpaired) electrons. The summed E-state index contributed by atoms with van der Waals surface area (Å²) in [5.41, 5.74) is 5.11. The minimum absolute atomic E-state index is 0. The Balaban J connectivity index is 0.00000560. The zero-order valence-electron chi connectivity index (χ0n) is 24.4. The van der Waals surface area contributed by atoms with E-state index in [1.54, 1.807) is 11.3 Å². The number of ether oxygens (including phenoxy) is 1. The van der Waals surface area contributed by atoms with Crippen LogP contribution >= 0.6 is 11.3 Å². The standard InChI is InChI=1S/C34H48N2O2S.BrH/c1-2-3-4-5-6-7-8-9-10-11-12-13-14-15-25-38-33-22-18-30(19-23-33)27-34(37)35-32-20-16-31(17-21-32)28-36-24-26-39-29-36;/h16-24,26,29H,2-15,25,27-28H2,1H3;1H. The number of benzene rings is 2. The summed E-state index contributed by atoms with van der Waals surface area (Å²) in [6.07, 6.45) is 21.5. The molecule has 6 heteroatoms. The quantitative estimate of drug-likeness (QED) is 0.114. The molecule has 1 heterocycles. The van der Waals surface area contributed by atoms with Crippen LogP contribution < -0.4 is 31.6 Å². The van der Waals surface area contributed by atoms with Gasteiger partial charge in [0.2, 0.25) is 11.4 Å². The third kappa shape index (κ3) is 15.0. The molecule has 1 aromatic heterocycles. The van der Waals surface area contributed by atoms with Crippen molar-refractivity contribution >= 4 is 22.9 Å². The average Bonchev–Trinajstić information content (AvgIpc) is 3.46. The predicted molar refractivity (Wildman–Crippen MR) is 165 cm³/mol. The van der Waals surface area contributed by atoms with Crippen molar-refractivity contribution in [2.75, 3.05) is 11.9 Å². The van der Waals surface area contributed by atoms with E-state index in [0.717, 1.165) is 36.6 Å². The van der Waals surface area contributed by atoms with Gasteiger partial charge in [-0.25, -0.2) is 0 Å². The summed E-state index contributed by atoms with van der Waals surface area (Å²) in [5, 5.41) is 5.06. The second-order valence-electron chi connectivity index (χ2n) is 10.7. The Kier molecular flexibility index (Phi) is 18.3. The molecule has 220 valence electrons. The first-order chi connectivity index (χ1) is 19.2. The minimum Gasteiger partial charge on any atom is -1.00 e. The Morgan fingerprint density at radius 1 is 0.750 bits per heavy atom. The molecule has 40 heavy (non-hydrogen) atoms. The highest BCUT2D eigenvalue weighted by Gasteiger charge is 2.07. The first-order valence-electron chi connectivity index (χ1n) is 15.2. The molecule has 0 bridgehead atoms. The number of anilines is 1. The van der Waals surface area contributed by atoms with Crippen molar-refractivity contribution in [3.05, 3.63) is 76.7 Å². The maximum absolute atomic E-state index is 12.5. The van der Waals surface area contributed by atoms with Gasteiger partial charge in [0.15, 0.2) is 12.7 Å². The number of carbonyl (C=O) groups is 1. The molecule has 3 aromatic rings. The van der Waals surface area contributed by atoms with Crippen LogP contribution in [-0.2, 0) is 17.8 Å². The lowest BCUT2D eigenvalue weighted by Gasteiger charge is -2.08. The Bertz CT molecular complexity index is 1020. The monoisotopic (exact) mass is 628 g/mol. The number of unbranched alkanes of at least 4 members (excludes halogenated alkanes) is 13. The third-order valence-electron chi connectivity index (χ3n) is 7.18. The van der Waals surface area contributed by atoms with Crippen LogP contribution in [-0.4, -0.2) is 12.5 Å². The number of aromatic nitrogens is 1. The lowest BCUT2D eigenvalue weighted by molar-refractivity contribution is -0.683. The van der Waals surface area contributed by atoms with Crippen LogP contribution in [0, 0.1) is 0 Å². The molecule has 0 atom stereocenters. The number of hydrogen-bond donors (Lipinski definition) is 1. The Morgan fingerprint density at radius 3 is 1.85 bits per heavy atom. The van der Waals surface area contributed by atoms with Crippen molar-refractivity contribution in [1.29, 1.82) is 0 Å². The van der Waals surface area contributed by atoms with Crippen LogP contribution in [0.25, 0.3) is 0 Å². The summed E-state index contributed by atoms with van der Waals surface area (Å²) in [5.74, 6) is 0.874. The number of rotatable bonds is 21. The summed E-state index contributed by atoms with van der Waals surface area (Å²) in [4.78, 5) is 12.5. The van der Waals surface area contributed by atoms with Crippen LogP contribution in [0.5, 0.6) is 5.75 Å². The molecule has 1 amide bonds. The normalized spacial score (nSPS) is 10.7. The Labute approximate surface area is 257 Å². The van der Waals surface area contributed by atoms with Crippen molar-refractivity contribution in [2.24, 2.45) is 0 Å². The number of thiazole rings is 1. The van der Waals surface area contributed by atoms with Gasteiger partial charge in [0.25, 0.3) is 0 Å². The zero-order chi connectivity index (χ0) is 27.4. The largest absolute Gasteiger partial charge is 1.00 e. The lowest BCUT2D eigenvalue weighted by atomic mass is 10.0. The van der Waals surface area contributed by atoms with Crippen molar-refractivity contribution in [2.45, 2.75) is 110 Å². The van der Waals surface area contributed by atoms with Gasteiger partial charge in [0.1, 0.15) is 5.75 Å². The lowest BCUT2D eigenvalue weighted by Crippen LogP contribution is -3.00. The highest BCUT2D eigenvalue weighted by atomic mass is 79.9. The van der Waals surface area contributed by atoms with E-state index in [0.29, 0.717) is 6.42 Å². The number of nitrogens with one attached hydrogen (secondary N) is 1. The third-order valence-corrected chi connectivity index (χ3v) is 7.86. The van der Waals surface area contributed by atoms with E-state index in [-0.39, 0.29) is 22.9 Å². The topological polar surface area (TPSA) is 42.2 Å². The summed E-state index contributed by atoms with van der Waals surface area (Å²) >= 11 is 1.68. The van der Waals surface area contributed by atoms with Gasteiger partial charge in [-0.1, -0.05) is 126 Å². The SMILES string of the molecule is CCCCCCCCCCCCCCCCOc1ccc(CC(=O)Nc2ccc(C[n+]3ccsc3)cc2)cc1.[Br-]. The van der Waals surface area contributed by atoms with E-state index in [2.05, 4.69) is 46.0 Å². The van der Waals surface area contributed by atoms with Crippen molar-refractivity contribution in [3.8, 4) is 5.75 Å². The molecule has 0 aliphatic heterocycles. The number of hydrogen-bond acceptors (Lipinski definition) is 3.